The van der Waals surface area contributed by atoms with Gasteiger partial charge in [-0.2, -0.15) is 0 Å². The lowest BCUT2D eigenvalue weighted by atomic mass is 9.85. The molecule has 122 valence electrons. The third-order valence-corrected chi connectivity index (χ3v) is 4.22. The van der Waals surface area contributed by atoms with E-state index in [0.717, 1.165) is 42.7 Å². The van der Waals surface area contributed by atoms with E-state index in [1.165, 1.54) is 0 Å². The largest absolute Gasteiger partial charge is 0.494 e. The highest BCUT2D eigenvalue weighted by atomic mass is 16.5. The predicted molar refractivity (Wildman–Crippen MR) is 87.3 cm³/mol. The zero-order valence-electron chi connectivity index (χ0n) is 13.4. The van der Waals surface area contributed by atoms with Gasteiger partial charge < -0.3 is 20.5 Å². The Balaban J connectivity index is 1.93. The van der Waals surface area contributed by atoms with Crippen molar-refractivity contribution in [2.75, 3.05) is 18.5 Å². The van der Waals surface area contributed by atoms with Crippen molar-refractivity contribution in [3.63, 3.8) is 0 Å². The Morgan fingerprint density at radius 2 is 2.14 bits per heavy atom. The summed E-state index contributed by atoms with van der Waals surface area (Å²) in [6, 6.07) is 5.46. The molecule has 1 aliphatic rings. The second-order valence-corrected chi connectivity index (χ2v) is 5.84. The highest BCUT2D eigenvalue weighted by Crippen LogP contribution is 2.25. The van der Waals surface area contributed by atoms with Gasteiger partial charge in [0.1, 0.15) is 5.75 Å². The first-order valence-corrected chi connectivity index (χ1v) is 8.06. The second-order valence-electron chi connectivity index (χ2n) is 5.84. The molecule has 0 saturated heterocycles. The van der Waals surface area contributed by atoms with E-state index in [2.05, 4.69) is 10.6 Å². The van der Waals surface area contributed by atoms with Gasteiger partial charge in [-0.05, 0) is 50.5 Å². The fraction of sp³-hybridized carbons (Fsp3) is 0.588. The molecule has 1 aliphatic carbocycles. The number of anilines is 1. The summed E-state index contributed by atoms with van der Waals surface area (Å²) in [7, 11) is 0. The van der Waals surface area contributed by atoms with Crippen LogP contribution in [-0.2, 0) is 0 Å². The first kappa shape index (κ1) is 16.6. The van der Waals surface area contributed by atoms with Crippen LogP contribution in [0.15, 0.2) is 18.2 Å². The predicted octanol–water partition coefficient (Wildman–Crippen LogP) is 3.07. The second kappa shape index (κ2) is 8.03. The fourth-order valence-corrected chi connectivity index (χ4v) is 2.98. The van der Waals surface area contributed by atoms with Crippen molar-refractivity contribution in [3.8, 4) is 5.75 Å². The first-order chi connectivity index (χ1) is 10.6. The zero-order valence-corrected chi connectivity index (χ0v) is 13.4. The molecule has 0 unspecified atom stereocenters. The zero-order chi connectivity index (χ0) is 15.9. The third-order valence-electron chi connectivity index (χ3n) is 4.22. The van der Waals surface area contributed by atoms with E-state index in [4.69, 9.17) is 4.74 Å². The number of hydrogen-bond donors (Lipinski definition) is 3. The maximum absolute atomic E-state index is 12.2. The van der Waals surface area contributed by atoms with Crippen molar-refractivity contribution < 1.29 is 14.6 Å². The Bertz CT molecular complexity index is 505. The van der Waals surface area contributed by atoms with Gasteiger partial charge in [0.2, 0.25) is 0 Å². The number of carbonyl (C=O) groups is 1. The van der Waals surface area contributed by atoms with E-state index in [1.807, 2.05) is 32.0 Å². The highest BCUT2D eigenvalue weighted by molar-refractivity contribution is 5.90. The van der Waals surface area contributed by atoms with Gasteiger partial charge in [0.15, 0.2) is 0 Å². The van der Waals surface area contributed by atoms with E-state index in [9.17, 15) is 9.90 Å². The highest BCUT2D eigenvalue weighted by Gasteiger charge is 2.25. The number of aliphatic hydroxyl groups excluding tert-OH is 1. The van der Waals surface area contributed by atoms with Crippen molar-refractivity contribution >= 4 is 11.7 Å². The topological polar surface area (TPSA) is 70.6 Å². The number of carbonyl (C=O) groups excluding carboxylic acids is 1. The summed E-state index contributed by atoms with van der Waals surface area (Å²) in [4.78, 5) is 12.2. The first-order valence-electron chi connectivity index (χ1n) is 8.06. The van der Waals surface area contributed by atoms with Crippen molar-refractivity contribution in [2.24, 2.45) is 5.92 Å². The van der Waals surface area contributed by atoms with Gasteiger partial charge in [0.25, 0.3) is 0 Å². The van der Waals surface area contributed by atoms with Crippen molar-refractivity contribution in [1.29, 1.82) is 0 Å². The molecule has 1 aromatic rings. The number of aliphatic hydroxyl groups is 1. The van der Waals surface area contributed by atoms with Crippen LogP contribution in [0, 0.1) is 12.8 Å². The molecular formula is C17H26N2O3. The summed E-state index contributed by atoms with van der Waals surface area (Å²) in [5.74, 6) is 0.972. The number of aryl methyl sites for hydroxylation is 1. The number of rotatable bonds is 5. The number of nitrogens with one attached hydrogen (secondary N) is 2. The Morgan fingerprint density at radius 1 is 1.36 bits per heavy atom. The van der Waals surface area contributed by atoms with Gasteiger partial charge in [-0.25, -0.2) is 4.79 Å². The summed E-state index contributed by atoms with van der Waals surface area (Å²) in [5.41, 5.74) is 1.74. The van der Waals surface area contributed by atoms with E-state index in [0.29, 0.717) is 6.61 Å². The lowest BCUT2D eigenvalue weighted by Gasteiger charge is -2.30. The molecule has 0 heterocycles. The van der Waals surface area contributed by atoms with Crippen LogP contribution in [0.3, 0.4) is 0 Å². The summed E-state index contributed by atoms with van der Waals surface area (Å²) in [6.07, 6.45) is 4.14. The van der Waals surface area contributed by atoms with Crippen LogP contribution < -0.4 is 15.4 Å². The molecule has 0 aromatic heterocycles. The average Bonchev–Trinajstić information content (AvgIpc) is 2.51. The summed E-state index contributed by atoms with van der Waals surface area (Å²) >= 11 is 0. The molecule has 0 radical (unpaired) electrons. The van der Waals surface area contributed by atoms with Crippen LogP contribution in [0.5, 0.6) is 5.75 Å². The normalized spacial score (nSPS) is 21.2. The third kappa shape index (κ3) is 4.37. The van der Waals surface area contributed by atoms with E-state index < -0.39 is 0 Å². The number of benzene rings is 1. The molecule has 5 heteroatoms. The molecule has 0 aliphatic heterocycles. The minimum atomic E-state index is -0.211. The van der Waals surface area contributed by atoms with Gasteiger partial charge in [0.05, 0.1) is 6.61 Å². The number of ether oxygens (including phenoxy) is 1. The van der Waals surface area contributed by atoms with Gasteiger partial charge in [-0.15, -0.1) is 0 Å². The minimum absolute atomic E-state index is 0.0572. The van der Waals surface area contributed by atoms with Gasteiger partial charge in [0, 0.05) is 24.3 Å². The van der Waals surface area contributed by atoms with Crippen molar-refractivity contribution in [3.05, 3.63) is 23.8 Å². The molecule has 1 fully saturated rings. The Labute approximate surface area is 132 Å². The Kier molecular flexibility index (Phi) is 6.07. The molecule has 0 bridgehead atoms. The smallest absolute Gasteiger partial charge is 0.319 e. The number of urea groups is 1. The molecule has 2 atom stereocenters. The fourth-order valence-electron chi connectivity index (χ4n) is 2.98. The molecule has 22 heavy (non-hydrogen) atoms. The maximum Gasteiger partial charge on any atom is 0.319 e. The monoisotopic (exact) mass is 306 g/mol. The van der Waals surface area contributed by atoms with E-state index >= 15 is 0 Å². The van der Waals surface area contributed by atoms with Crippen LogP contribution in [0.2, 0.25) is 0 Å². The number of hydrogen-bond acceptors (Lipinski definition) is 3. The summed E-state index contributed by atoms with van der Waals surface area (Å²) in [5, 5.41) is 15.3. The standard InChI is InChI=1S/C17H26N2O3/c1-3-22-14-8-9-15(12(2)10-14)18-17(21)19-16-7-5-4-6-13(16)11-20/h8-10,13,16,20H,3-7,11H2,1-2H3,(H2,18,19,21)/t13-,16-/m0/s1. The van der Waals surface area contributed by atoms with Gasteiger partial charge in [-0.3, -0.25) is 0 Å². The van der Waals surface area contributed by atoms with Crippen LogP contribution >= 0.6 is 0 Å². The average molecular weight is 306 g/mol. The minimum Gasteiger partial charge on any atom is -0.494 e. The SMILES string of the molecule is CCOc1ccc(NC(=O)N[C@H]2CCCC[C@H]2CO)c(C)c1. The van der Waals surface area contributed by atoms with Gasteiger partial charge in [-0.1, -0.05) is 12.8 Å². The van der Waals surface area contributed by atoms with Crippen molar-refractivity contribution in [1.82, 2.24) is 5.32 Å². The van der Waals surface area contributed by atoms with Crippen LogP contribution in [0.4, 0.5) is 10.5 Å². The molecule has 1 saturated carbocycles. The molecule has 2 amide bonds. The molecule has 3 N–H and O–H groups in total. The van der Waals surface area contributed by atoms with Gasteiger partial charge >= 0.3 is 6.03 Å². The quantitative estimate of drug-likeness (QED) is 0.783. The summed E-state index contributed by atoms with van der Waals surface area (Å²) < 4.78 is 5.44. The lowest BCUT2D eigenvalue weighted by Crippen LogP contribution is -2.45. The molecule has 2 rings (SSSR count). The lowest BCUT2D eigenvalue weighted by molar-refractivity contribution is 0.156. The molecule has 1 aromatic carbocycles. The van der Waals surface area contributed by atoms with E-state index in [-0.39, 0.29) is 24.6 Å². The molecule has 5 nitrogen and oxygen atoms in total. The van der Waals surface area contributed by atoms with Crippen LogP contribution in [0.25, 0.3) is 0 Å². The maximum atomic E-state index is 12.2. The van der Waals surface area contributed by atoms with Crippen molar-refractivity contribution in [2.45, 2.75) is 45.6 Å². The molecule has 0 spiro atoms. The Morgan fingerprint density at radius 3 is 2.82 bits per heavy atom. The van der Waals surface area contributed by atoms with Crippen LogP contribution in [-0.4, -0.2) is 30.4 Å². The number of amides is 2. The van der Waals surface area contributed by atoms with Crippen LogP contribution in [0.1, 0.15) is 38.2 Å². The summed E-state index contributed by atoms with van der Waals surface area (Å²) in [6.45, 7) is 4.63. The van der Waals surface area contributed by atoms with E-state index in [1.54, 1.807) is 0 Å². The molecular weight excluding hydrogens is 280 g/mol. The Hall–Kier alpha value is -1.75.